The molecule has 0 bridgehead atoms. The van der Waals surface area contributed by atoms with Gasteiger partial charge in [0.25, 0.3) is 5.69 Å². The zero-order chi connectivity index (χ0) is 16.3. The molecule has 22 heavy (non-hydrogen) atoms. The normalized spacial score (nSPS) is 17.6. The van der Waals surface area contributed by atoms with Crippen LogP contribution in [-0.4, -0.2) is 46.7 Å². The quantitative estimate of drug-likeness (QED) is 0.512. The third-order valence-corrected chi connectivity index (χ3v) is 3.38. The number of hydrogen-bond donors (Lipinski definition) is 3. The van der Waals surface area contributed by atoms with E-state index in [1.165, 1.54) is 23.1 Å². The van der Waals surface area contributed by atoms with Crippen molar-refractivity contribution in [1.82, 2.24) is 0 Å². The van der Waals surface area contributed by atoms with Crippen molar-refractivity contribution >= 4 is 28.9 Å². The predicted octanol–water partition coefficient (Wildman–Crippen LogP) is 0.436. The van der Waals surface area contributed by atoms with Crippen LogP contribution < -0.4 is 10.2 Å². The average Bonchev–Trinajstić information content (AvgIpc) is 2.87. The highest BCUT2D eigenvalue weighted by Gasteiger charge is 2.36. The van der Waals surface area contributed by atoms with Crippen molar-refractivity contribution < 1.29 is 24.7 Å². The Balaban J connectivity index is 2.37. The lowest BCUT2D eigenvalue weighted by Gasteiger charge is -2.20. The third-order valence-electron chi connectivity index (χ3n) is 3.38. The van der Waals surface area contributed by atoms with Gasteiger partial charge in [-0.1, -0.05) is 0 Å². The van der Waals surface area contributed by atoms with E-state index >= 15 is 0 Å². The maximum absolute atomic E-state index is 12.0. The number of aliphatic carboxylic acids is 1. The van der Waals surface area contributed by atoms with Crippen LogP contribution in [0.3, 0.4) is 0 Å². The number of nitrogens with zero attached hydrogens (tertiary/aromatic N) is 2. The number of carboxylic acids is 1. The Hall–Kier alpha value is -2.68. The highest BCUT2D eigenvalue weighted by Crippen LogP contribution is 2.34. The van der Waals surface area contributed by atoms with Crippen molar-refractivity contribution in [3.8, 4) is 0 Å². The summed E-state index contributed by atoms with van der Waals surface area (Å²) in [6.45, 7) is 0.0143. The lowest BCUT2D eigenvalue weighted by molar-refractivity contribution is -0.384. The van der Waals surface area contributed by atoms with E-state index in [1.807, 2.05) is 0 Å². The van der Waals surface area contributed by atoms with Gasteiger partial charge in [0.05, 0.1) is 28.8 Å². The van der Waals surface area contributed by atoms with Crippen LogP contribution in [0.15, 0.2) is 18.2 Å². The molecule has 3 N–H and O–H groups in total. The molecule has 1 saturated heterocycles. The number of carboxylic acid groups (broad SMARTS) is 1. The molecule has 1 aliphatic rings. The number of aliphatic hydroxyl groups excluding tert-OH is 1. The second kappa shape index (κ2) is 6.39. The second-order valence-electron chi connectivity index (χ2n) is 4.85. The van der Waals surface area contributed by atoms with E-state index in [1.54, 1.807) is 0 Å². The first-order valence-electron chi connectivity index (χ1n) is 6.60. The van der Waals surface area contributed by atoms with Crippen molar-refractivity contribution in [3.63, 3.8) is 0 Å². The minimum atomic E-state index is -1.08. The molecule has 0 radical (unpaired) electrons. The molecule has 2 rings (SSSR count). The summed E-state index contributed by atoms with van der Waals surface area (Å²) in [5.41, 5.74) is 0.478. The van der Waals surface area contributed by atoms with Gasteiger partial charge in [-0.25, -0.2) is 0 Å². The fourth-order valence-corrected chi connectivity index (χ4v) is 2.30. The number of aliphatic hydroxyl groups is 1. The summed E-state index contributed by atoms with van der Waals surface area (Å²) in [6, 6.07) is 3.94. The van der Waals surface area contributed by atoms with Gasteiger partial charge in [0.2, 0.25) is 5.91 Å². The maximum atomic E-state index is 12.0. The summed E-state index contributed by atoms with van der Waals surface area (Å²) < 4.78 is 0. The number of nitro groups is 1. The SMILES string of the molecule is O=C(O)C1CC(=O)N(c2cc([N+](=O)[O-])ccc2NCCO)C1. The summed E-state index contributed by atoms with van der Waals surface area (Å²) in [6.07, 6.45) is -0.141. The van der Waals surface area contributed by atoms with Crippen molar-refractivity contribution in [2.45, 2.75) is 6.42 Å². The van der Waals surface area contributed by atoms with Crippen LogP contribution >= 0.6 is 0 Å². The Kier molecular flexibility index (Phi) is 4.56. The topological polar surface area (TPSA) is 133 Å². The fraction of sp³-hybridized carbons (Fsp3) is 0.385. The molecule has 1 atom stereocenters. The molecule has 1 amide bonds. The van der Waals surface area contributed by atoms with Gasteiger partial charge in [0.15, 0.2) is 0 Å². The zero-order valence-electron chi connectivity index (χ0n) is 11.6. The van der Waals surface area contributed by atoms with Gasteiger partial charge >= 0.3 is 5.97 Å². The zero-order valence-corrected chi connectivity index (χ0v) is 11.6. The number of rotatable bonds is 6. The van der Waals surface area contributed by atoms with Gasteiger partial charge in [-0.15, -0.1) is 0 Å². The number of hydrogen-bond acceptors (Lipinski definition) is 6. The largest absolute Gasteiger partial charge is 0.481 e. The van der Waals surface area contributed by atoms with Crippen LogP contribution in [0.1, 0.15) is 6.42 Å². The Labute approximate surface area is 125 Å². The monoisotopic (exact) mass is 309 g/mol. The summed E-state index contributed by atoms with van der Waals surface area (Å²) in [5, 5.41) is 31.6. The van der Waals surface area contributed by atoms with E-state index in [9.17, 15) is 19.7 Å². The van der Waals surface area contributed by atoms with E-state index in [4.69, 9.17) is 10.2 Å². The summed E-state index contributed by atoms with van der Waals surface area (Å²) >= 11 is 0. The molecule has 0 aliphatic carbocycles. The van der Waals surface area contributed by atoms with E-state index in [2.05, 4.69) is 5.32 Å². The molecule has 0 aromatic heterocycles. The Morgan fingerprint density at radius 2 is 2.23 bits per heavy atom. The number of carbonyl (C=O) groups is 2. The van der Waals surface area contributed by atoms with Gasteiger partial charge in [0, 0.05) is 31.6 Å². The van der Waals surface area contributed by atoms with E-state index in [-0.39, 0.29) is 37.5 Å². The molecular formula is C13H15N3O6. The van der Waals surface area contributed by atoms with E-state index < -0.39 is 22.7 Å². The van der Waals surface area contributed by atoms with E-state index in [0.29, 0.717) is 5.69 Å². The van der Waals surface area contributed by atoms with Crippen molar-refractivity contribution in [1.29, 1.82) is 0 Å². The minimum absolute atomic E-state index is 0.0386. The van der Waals surface area contributed by atoms with Crippen molar-refractivity contribution in [3.05, 3.63) is 28.3 Å². The van der Waals surface area contributed by atoms with Crippen LogP contribution in [-0.2, 0) is 9.59 Å². The molecule has 9 heteroatoms. The van der Waals surface area contributed by atoms with Crippen LogP contribution in [0, 0.1) is 16.0 Å². The number of non-ortho nitro benzene ring substituents is 1. The molecule has 1 unspecified atom stereocenters. The van der Waals surface area contributed by atoms with Gasteiger partial charge < -0.3 is 20.4 Å². The summed E-state index contributed by atoms with van der Waals surface area (Å²) in [4.78, 5) is 34.6. The predicted molar refractivity (Wildman–Crippen MR) is 76.8 cm³/mol. The lowest BCUT2D eigenvalue weighted by Crippen LogP contribution is -2.27. The van der Waals surface area contributed by atoms with Crippen LogP contribution in [0.25, 0.3) is 0 Å². The number of nitrogens with one attached hydrogen (secondary N) is 1. The summed E-state index contributed by atoms with van der Waals surface area (Å²) in [7, 11) is 0. The Morgan fingerprint density at radius 1 is 1.50 bits per heavy atom. The van der Waals surface area contributed by atoms with Crippen molar-refractivity contribution in [2.75, 3.05) is 29.9 Å². The second-order valence-corrected chi connectivity index (χ2v) is 4.85. The lowest BCUT2D eigenvalue weighted by atomic mass is 10.1. The summed E-state index contributed by atoms with van der Waals surface area (Å²) in [5.74, 6) is -2.32. The number of carbonyl (C=O) groups excluding carboxylic acids is 1. The molecule has 9 nitrogen and oxygen atoms in total. The van der Waals surface area contributed by atoms with Crippen molar-refractivity contribution in [2.24, 2.45) is 5.92 Å². The molecular weight excluding hydrogens is 294 g/mol. The van der Waals surface area contributed by atoms with Gasteiger partial charge in [-0.3, -0.25) is 19.7 Å². The number of amides is 1. The molecule has 0 saturated carbocycles. The Bertz CT molecular complexity index is 618. The van der Waals surface area contributed by atoms with Crippen LogP contribution in [0.5, 0.6) is 0 Å². The molecule has 118 valence electrons. The minimum Gasteiger partial charge on any atom is -0.481 e. The third kappa shape index (κ3) is 3.14. The highest BCUT2D eigenvalue weighted by atomic mass is 16.6. The molecule has 0 spiro atoms. The molecule has 1 aromatic carbocycles. The Morgan fingerprint density at radius 3 is 2.77 bits per heavy atom. The van der Waals surface area contributed by atoms with Crippen LogP contribution in [0.2, 0.25) is 0 Å². The first-order valence-corrected chi connectivity index (χ1v) is 6.60. The van der Waals surface area contributed by atoms with Crippen LogP contribution in [0.4, 0.5) is 17.1 Å². The fourth-order valence-electron chi connectivity index (χ4n) is 2.30. The van der Waals surface area contributed by atoms with Gasteiger partial charge in [0.1, 0.15) is 0 Å². The molecule has 1 fully saturated rings. The average molecular weight is 309 g/mol. The maximum Gasteiger partial charge on any atom is 0.308 e. The first kappa shape index (κ1) is 15.7. The standard InChI is InChI=1S/C13H15N3O6/c17-4-3-14-10-2-1-9(16(21)22)6-11(10)15-7-8(13(19)20)5-12(15)18/h1-2,6,8,14,17H,3-5,7H2,(H,19,20). The smallest absolute Gasteiger partial charge is 0.308 e. The first-order chi connectivity index (χ1) is 10.4. The number of anilines is 2. The van der Waals surface area contributed by atoms with Gasteiger partial charge in [-0.05, 0) is 6.07 Å². The van der Waals surface area contributed by atoms with E-state index in [0.717, 1.165) is 0 Å². The highest BCUT2D eigenvalue weighted by molar-refractivity contribution is 6.02. The van der Waals surface area contributed by atoms with Gasteiger partial charge in [-0.2, -0.15) is 0 Å². The number of benzene rings is 1. The molecule has 1 aromatic rings. The molecule has 1 aliphatic heterocycles. The molecule has 1 heterocycles. The number of nitro benzene ring substituents is 1.